The normalized spacial score (nSPS) is 22.3. The Morgan fingerprint density at radius 2 is 2.15 bits per heavy atom. The van der Waals surface area contributed by atoms with Crippen LogP contribution >= 0.6 is 11.5 Å². The summed E-state index contributed by atoms with van der Waals surface area (Å²) < 4.78 is 3.86. The van der Waals surface area contributed by atoms with Gasteiger partial charge in [0.1, 0.15) is 4.88 Å². The van der Waals surface area contributed by atoms with Crippen molar-refractivity contribution in [3.8, 4) is 0 Å². The lowest BCUT2D eigenvalue weighted by Gasteiger charge is -2.35. The summed E-state index contributed by atoms with van der Waals surface area (Å²) in [7, 11) is 0. The predicted octanol–water partition coefficient (Wildman–Crippen LogP) is 1.46. The van der Waals surface area contributed by atoms with Crippen LogP contribution in [0.2, 0.25) is 0 Å². The molecule has 2 aromatic heterocycles. The molecule has 2 N–H and O–H groups in total. The number of aromatic nitrogens is 4. The number of carbonyl (C=O) groups is 1. The first-order chi connectivity index (χ1) is 12.6. The highest BCUT2D eigenvalue weighted by Gasteiger charge is 2.34. The van der Waals surface area contributed by atoms with Gasteiger partial charge in [-0.2, -0.15) is 0 Å². The highest BCUT2D eigenvalue weighted by Crippen LogP contribution is 2.36. The second kappa shape index (κ2) is 7.14. The molecule has 1 amide bonds. The number of carbonyl (C=O) groups excluding carboxylic acids is 1. The Kier molecular flexibility index (Phi) is 4.71. The number of aryl methyl sites for hydroxylation is 1. The van der Waals surface area contributed by atoms with Gasteiger partial charge in [0.25, 0.3) is 11.5 Å². The second-order valence-corrected chi connectivity index (χ2v) is 7.68. The maximum absolute atomic E-state index is 12.4. The fraction of sp³-hybridized carbons (Fsp3) is 0.588. The zero-order chi connectivity index (χ0) is 18.1. The summed E-state index contributed by atoms with van der Waals surface area (Å²) in [6, 6.07) is 1.69. The molecule has 1 saturated carbocycles. The van der Waals surface area contributed by atoms with Crippen LogP contribution in [0.15, 0.2) is 10.9 Å². The molecule has 0 spiro atoms. The molecule has 26 heavy (non-hydrogen) atoms. The molecule has 9 heteroatoms. The van der Waals surface area contributed by atoms with Crippen molar-refractivity contribution in [2.45, 2.75) is 51.0 Å². The third-order valence-electron chi connectivity index (χ3n) is 5.14. The van der Waals surface area contributed by atoms with Gasteiger partial charge in [-0.3, -0.25) is 14.6 Å². The van der Waals surface area contributed by atoms with Crippen LogP contribution in [-0.4, -0.2) is 44.6 Å². The van der Waals surface area contributed by atoms with E-state index in [1.165, 1.54) is 0 Å². The molecule has 2 fully saturated rings. The van der Waals surface area contributed by atoms with Gasteiger partial charge < -0.3 is 10.2 Å². The summed E-state index contributed by atoms with van der Waals surface area (Å²) >= 11 is 1.14. The van der Waals surface area contributed by atoms with Crippen LogP contribution in [0.4, 0.5) is 5.95 Å². The Morgan fingerprint density at radius 3 is 2.88 bits per heavy atom. The maximum Gasteiger partial charge on any atom is 0.265 e. The summed E-state index contributed by atoms with van der Waals surface area (Å²) in [5.74, 6) is 0.798. The van der Waals surface area contributed by atoms with E-state index in [1.807, 2.05) is 6.92 Å². The van der Waals surface area contributed by atoms with Crippen LogP contribution in [0.25, 0.3) is 0 Å². The van der Waals surface area contributed by atoms with E-state index in [0.717, 1.165) is 61.7 Å². The molecule has 138 valence electrons. The number of hydrogen-bond acceptors (Lipinski definition) is 7. The van der Waals surface area contributed by atoms with Gasteiger partial charge in [0, 0.05) is 31.1 Å². The van der Waals surface area contributed by atoms with Gasteiger partial charge in [0.15, 0.2) is 0 Å². The topological polar surface area (TPSA) is 104 Å². The molecule has 3 heterocycles. The van der Waals surface area contributed by atoms with Crippen molar-refractivity contribution < 1.29 is 4.79 Å². The highest BCUT2D eigenvalue weighted by atomic mass is 32.1. The molecule has 0 unspecified atom stereocenters. The molecule has 0 bridgehead atoms. The van der Waals surface area contributed by atoms with E-state index in [-0.39, 0.29) is 23.4 Å². The highest BCUT2D eigenvalue weighted by molar-refractivity contribution is 7.08. The molecule has 1 saturated heterocycles. The molecule has 1 aliphatic heterocycles. The SMILES string of the molecule is CCc1nnsc1C(=O)NC1CC(c2cc(=O)[nH]c(N3CCCC3)n2)C1. The molecule has 8 nitrogen and oxygen atoms in total. The Labute approximate surface area is 155 Å². The minimum atomic E-state index is -0.104. The number of nitrogens with zero attached hydrogens (tertiary/aromatic N) is 4. The molecular weight excluding hydrogens is 352 g/mol. The predicted molar refractivity (Wildman–Crippen MR) is 98.8 cm³/mol. The van der Waals surface area contributed by atoms with Crippen LogP contribution in [0.3, 0.4) is 0 Å². The standard InChI is InChI=1S/C17H22N6O2S/c1-2-12-15(26-22-21-12)16(25)18-11-7-10(8-11)13-9-14(24)20-17(19-13)23-5-3-4-6-23/h9-11H,2-8H2,1H3,(H,18,25)(H,19,20,24). The third-order valence-corrected chi connectivity index (χ3v) is 5.91. The van der Waals surface area contributed by atoms with Crippen molar-refractivity contribution in [1.29, 1.82) is 0 Å². The van der Waals surface area contributed by atoms with E-state index in [2.05, 4.69) is 29.8 Å². The number of hydrogen-bond donors (Lipinski definition) is 2. The third kappa shape index (κ3) is 3.35. The molecular formula is C17H22N6O2S. The molecule has 1 aliphatic carbocycles. The quantitative estimate of drug-likeness (QED) is 0.821. The van der Waals surface area contributed by atoms with Crippen molar-refractivity contribution in [2.24, 2.45) is 0 Å². The van der Waals surface area contributed by atoms with E-state index in [9.17, 15) is 9.59 Å². The molecule has 2 aliphatic rings. The monoisotopic (exact) mass is 374 g/mol. The summed E-state index contributed by atoms with van der Waals surface area (Å²) in [6.07, 6.45) is 4.57. The number of H-pyrrole nitrogens is 1. The summed E-state index contributed by atoms with van der Waals surface area (Å²) in [6.45, 7) is 3.85. The van der Waals surface area contributed by atoms with Gasteiger partial charge in [-0.25, -0.2) is 4.98 Å². The van der Waals surface area contributed by atoms with E-state index >= 15 is 0 Å². The Morgan fingerprint density at radius 1 is 1.38 bits per heavy atom. The van der Waals surface area contributed by atoms with Crippen molar-refractivity contribution in [3.63, 3.8) is 0 Å². The minimum absolute atomic E-state index is 0.100. The van der Waals surface area contributed by atoms with E-state index < -0.39 is 0 Å². The number of anilines is 1. The zero-order valence-electron chi connectivity index (χ0n) is 14.7. The lowest BCUT2D eigenvalue weighted by atomic mass is 9.78. The molecule has 0 aromatic carbocycles. The fourth-order valence-corrected chi connectivity index (χ4v) is 4.24. The first-order valence-corrected chi connectivity index (χ1v) is 9.89. The van der Waals surface area contributed by atoms with Crippen molar-refractivity contribution in [3.05, 3.63) is 32.7 Å². The van der Waals surface area contributed by atoms with Crippen LogP contribution in [0.5, 0.6) is 0 Å². The first kappa shape index (κ1) is 17.1. The second-order valence-electron chi connectivity index (χ2n) is 6.93. The van der Waals surface area contributed by atoms with Crippen LogP contribution in [-0.2, 0) is 6.42 Å². The van der Waals surface area contributed by atoms with E-state index in [4.69, 9.17) is 0 Å². The smallest absolute Gasteiger partial charge is 0.265 e. The van der Waals surface area contributed by atoms with Gasteiger partial charge in [-0.05, 0) is 43.6 Å². The van der Waals surface area contributed by atoms with Gasteiger partial charge in [-0.15, -0.1) is 5.10 Å². The van der Waals surface area contributed by atoms with Crippen LogP contribution in [0, 0.1) is 0 Å². The summed E-state index contributed by atoms with van der Waals surface area (Å²) in [5, 5.41) is 7.03. The Balaban J connectivity index is 1.39. The number of aromatic amines is 1. The average molecular weight is 374 g/mol. The lowest BCUT2D eigenvalue weighted by molar-refractivity contribution is 0.0911. The summed E-state index contributed by atoms with van der Waals surface area (Å²) in [5.41, 5.74) is 1.47. The molecule has 0 radical (unpaired) electrons. The number of nitrogens with one attached hydrogen (secondary N) is 2. The summed E-state index contributed by atoms with van der Waals surface area (Å²) in [4.78, 5) is 34.6. The van der Waals surface area contributed by atoms with Crippen LogP contribution < -0.4 is 15.8 Å². The largest absolute Gasteiger partial charge is 0.348 e. The van der Waals surface area contributed by atoms with Gasteiger partial charge >= 0.3 is 0 Å². The Hall–Kier alpha value is -2.29. The van der Waals surface area contributed by atoms with Gasteiger partial charge in [0.05, 0.1) is 11.4 Å². The first-order valence-electron chi connectivity index (χ1n) is 9.12. The van der Waals surface area contributed by atoms with Crippen molar-refractivity contribution in [1.82, 2.24) is 24.9 Å². The van der Waals surface area contributed by atoms with E-state index in [0.29, 0.717) is 17.2 Å². The fourth-order valence-electron chi connectivity index (χ4n) is 3.59. The molecule has 4 rings (SSSR count). The van der Waals surface area contributed by atoms with Gasteiger partial charge in [-0.1, -0.05) is 11.4 Å². The lowest BCUT2D eigenvalue weighted by Crippen LogP contribution is -2.44. The molecule has 0 atom stereocenters. The van der Waals surface area contributed by atoms with Crippen molar-refractivity contribution in [2.75, 3.05) is 18.0 Å². The molecule has 2 aromatic rings. The van der Waals surface area contributed by atoms with Crippen LogP contribution in [0.1, 0.15) is 59.6 Å². The Bertz CT molecular complexity index is 851. The number of rotatable bonds is 5. The van der Waals surface area contributed by atoms with Crippen molar-refractivity contribution >= 4 is 23.4 Å². The zero-order valence-corrected chi connectivity index (χ0v) is 15.5. The van der Waals surface area contributed by atoms with Gasteiger partial charge in [0.2, 0.25) is 5.95 Å². The van der Waals surface area contributed by atoms with E-state index in [1.54, 1.807) is 6.07 Å². The maximum atomic E-state index is 12.4. The number of amides is 1. The average Bonchev–Trinajstić information content (AvgIpc) is 3.27. The minimum Gasteiger partial charge on any atom is -0.348 e.